The van der Waals surface area contributed by atoms with Crippen LogP contribution in [0.2, 0.25) is 0 Å². The largest absolute Gasteiger partial charge is 0.487 e. The molecule has 3 nitrogen and oxygen atoms in total. The highest BCUT2D eigenvalue weighted by atomic mass is 19.1. The van der Waals surface area contributed by atoms with E-state index in [1.165, 1.54) is 17.7 Å². The lowest BCUT2D eigenvalue weighted by atomic mass is 9.71. The lowest BCUT2D eigenvalue weighted by Crippen LogP contribution is -2.47. The first-order valence-electron chi connectivity index (χ1n) is 13.1. The monoisotopic (exact) mass is 488 g/mol. The third-order valence-corrected chi connectivity index (χ3v) is 8.01. The van der Waals surface area contributed by atoms with Gasteiger partial charge in [0.15, 0.2) is 0 Å². The first kappa shape index (κ1) is 25.0. The minimum Gasteiger partial charge on any atom is -0.487 e. The van der Waals surface area contributed by atoms with E-state index >= 15 is 0 Å². The molecule has 0 saturated heterocycles. The Hall–Kier alpha value is -2.69. The molecule has 2 atom stereocenters. The molecule has 3 aromatic rings. The molecule has 2 aliphatic rings. The highest BCUT2D eigenvalue weighted by Crippen LogP contribution is 2.54. The summed E-state index contributed by atoms with van der Waals surface area (Å²) in [5, 5.41) is 23.3. The Labute approximate surface area is 214 Å². The molecule has 0 bridgehead atoms. The van der Waals surface area contributed by atoms with E-state index in [1.807, 2.05) is 18.2 Å². The summed E-state index contributed by atoms with van der Waals surface area (Å²) in [4.78, 5) is 0. The lowest BCUT2D eigenvalue weighted by molar-refractivity contribution is -0.0662. The van der Waals surface area contributed by atoms with E-state index in [0.29, 0.717) is 17.7 Å². The third-order valence-electron chi connectivity index (χ3n) is 8.01. The quantitative estimate of drug-likeness (QED) is 0.395. The van der Waals surface area contributed by atoms with Crippen LogP contribution >= 0.6 is 0 Å². The van der Waals surface area contributed by atoms with Crippen LogP contribution in [0, 0.1) is 5.82 Å². The van der Waals surface area contributed by atoms with Crippen molar-refractivity contribution < 1.29 is 19.3 Å². The lowest BCUT2D eigenvalue weighted by Gasteiger charge is -2.47. The zero-order valence-corrected chi connectivity index (χ0v) is 21.9. The van der Waals surface area contributed by atoms with E-state index in [0.717, 1.165) is 47.1 Å². The minimum absolute atomic E-state index is 0.0105. The topological polar surface area (TPSA) is 49.7 Å². The van der Waals surface area contributed by atoms with E-state index in [9.17, 15) is 14.6 Å². The number of fused-ring (bicyclic) bond motifs is 1. The van der Waals surface area contributed by atoms with E-state index in [1.54, 1.807) is 12.1 Å². The van der Waals surface area contributed by atoms with Crippen molar-refractivity contribution in [2.75, 3.05) is 0 Å². The van der Waals surface area contributed by atoms with Crippen LogP contribution in [-0.2, 0) is 5.41 Å². The zero-order valence-electron chi connectivity index (χ0n) is 21.9. The predicted molar refractivity (Wildman–Crippen MR) is 142 cm³/mol. The van der Waals surface area contributed by atoms with Gasteiger partial charge in [0.2, 0.25) is 0 Å². The van der Waals surface area contributed by atoms with Gasteiger partial charge >= 0.3 is 0 Å². The molecular weight excluding hydrogens is 451 g/mol. The number of aliphatic hydroxyl groups excluding tert-OH is 2. The molecule has 3 aromatic carbocycles. The molecule has 0 amide bonds. The molecule has 0 unspecified atom stereocenters. The van der Waals surface area contributed by atoms with Crippen molar-refractivity contribution in [3.8, 4) is 16.9 Å². The minimum atomic E-state index is -0.909. The fraction of sp³-hybridized carbons (Fsp3) is 0.438. The van der Waals surface area contributed by atoms with Crippen LogP contribution in [0.3, 0.4) is 0 Å². The molecule has 1 fully saturated rings. The Morgan fingerprint density at radius 2 is 1.64 bits per heavy atom. The fourth-order valence-electron chi connectivity index (χ4n) is 5.76. The Morgan fingerprint density at radius 1 is 1.00 bits per heavy atom. The molecule has 190 valence electrons. The van der Waals surface area contributed by atoms with Crippen molar-refractivity contribution in [1.82, 2.24) is 0 Å². The molecule has 5 rings (SSSR count). The summed E-state index contributed by atoms with van der Waals surface area (Å²) in [6, 6.07) is 16.5. The van der Waals surface area contributed by atoms with Crippen LogP contribution < -0.4 is 4.74 Å². The number of benzene rings is 3. The van der Waals surface area contributed by atoms with Gasteiger partial charge in [0.05, 0.1) is 6.10 Å². The molecule has 0 radical (unpaired) electrons. The van der Waals surface area contributed by atoms with Gasteiger partial charge in [0.1, 0.15) is 23.3 Å². The Balaban J connectivity index is 1.74. The fourth-order valence-corrected chi connectivity index (χ4v) is 5.76. The summed E-state index contributed by atoms with van der Waals surface area (Å²) < 4.78 is 20.5. The Bertz CT molecular complexity index is 1250. The van der Waals surface area contributed by atoms with Crippen LogP contribution in [-0.4, -0.2) is 15.8 Å². The second kappa shape index (κ2) is 9.00. The van der Waals surface area contributed by atoms with Gasteiger partial charge in [-0.05, 0) is 82.2 Å². The molecule has 36 heavy (non-hydrogen) atoms. The second-order valence-electron chi connectivity index (χ2n) is 12.0. The number of halogens is 1. The van der Waals surface area contributed by atoms with Gasteiger partial charge < -0.3 is 14.9 Å². The van der Waals surface area contributed by atoms with Crippen molar-refractivity contribution in [2.45, 2.75) is 89.4 Å². The normalized spacial score (nSPS) is 19.5. The molecule has 1 saturated carbocycles. The molecule has 4 heteroatoms. The van der Waals surface area contributed by atoms with E-state index in [-0.39, 0.29) is 22.8 Å². The van der Waals surface area contributed by atoms with Gasteiger partial charge in [0, 0.05) is 12.0 Å². The van der Waals surface area contributed by atoms with E-state index in [4.69, 9.17) is 4.74 Å². The van der Waals surface area contributed by atoms with Crippen LogP contribution in [0.1, 0.15) is 106 Å². The summed E-state index contributed by atoms with van der Waals surface area (Å²) in [5.41, 5.74) is 5.64. The van der Waals surface area contributed by atoms with Gasteiger partial charge in [-0.15, -0.1) is 0 Å². The Kier molecular flexibility index (Phi) is 6.25. The third kappa shape index (κ3) is 4.35. The average Bonchev–Trinajstić information content (AvgIpc) is 2.81. The van der Waals surface area contributed by atoms with Crippen molar-refractivity contribution in [3.63, 3.8) is 0 Å². The molecule has 1 heterocycles. The van der Waals surface area contributed by atoms with Crippen molar-refractivity contribution in [1.29, 1.82) is 0 Å². The van der Waals surface area contributed by atoms with Gasteiger partial charge in [-0.1, -0.05) is 71.0 Å². The number of rotatable bonds is 4. The molecule has 0 aromatic heterocycles. The zero-order chi connectivity index (χ0) is 25.8. The number of aliphatic hydroxyl groups is 2. The predicted octanol–water partition coefficient (Wildman–Crippen LogP) is 7.73. The van der Waals surface area contributed by atoms with Gasteiger partial charge in [0.25, 0.3) is 0 Å². The van der Waals surface area contributed by atoms with E-state index in [2.05, 4.69) is 46.8 Å². The maximum Gasteiger partial charge on any atom is 0.126 e. The summed E-state index contributed by atoms with van der Waals surface area (Å²) >= 11 is 0. The molecule has 1 aliphatic carbocycles. The van der Waals surface area contributed by atoms with Crippen LogP contribution in [0.25, 0.3) is 11.1 Å². The van der Waals surface area contributed by atoms with Crippen LogP contribution in [0.5, 0.6) is 5.75 Å². The van der Waals surface area contributed by atoms with Crippen molar-refractivity contribution >= 4 is 0 Å². The van der Waals surface area contributed by atoms with Crippen molar-refractivity contribution in [2.24, 2.45) is 0 Å². The van der Waals surface area contributed by atoms with Crippen LogP contribution in [0.4, 0.5) is 4.39 Å². The van der Waals surface area contributed by atoms with Crippen LogP contribution in [0.15, 0.2) is 54.6 Å². The SMILES string of the molecule is CC(C)c1cc2c(c(-c3ccc(F)cc3)c1[C@H](O)c1ccc(C(C)(C)C)cc1)[C@@H](O)CC1(CCC1)O2. The van der Waals surface area contributed by atoms with Gasteiger partial charge in [-0.25, -0.2) is 4.39 Å². The summed E-state index contributed by atoms with van der Waals surface area (Å²) in [7, 11) is 0. The highest BCUT2D eigenvalue weighted by Gasteiger charge is 2.47. The number of hydrogen-bond acceptors (Lipinski definition) is 3. The molecular formula is C32H37FO3. The summed E-state index contributed by atoms with van der Waals surface area (Å²) in [6.07, 6.45) is 1.89. The summed E-state index contributed by atoms with van der Waals surface area (Å²) in [5.74, 6) is 0.473. The second-order valence-corrected chi connectivity index (χ2v) is 12.0. The first-order chi connectivity index (χ1) is 17.0. The van der Waals surface area contributed by atoms with Crippen molar-refractivity contribution in [3.05, 3.63) is 88.2 Å². The van der Waals surface area contributed by atoms with Gasteiger partial charge in [-0.2, -0.15) is 0 Å². The van der Waals surface area contributed by atoms with Gasteiger partial charge in [-0.3, -0.25) is 0 Å². The molecule has 1 aliphatic heterocycles. The maximum atomic E-state index is 13.9. The number of ether oxygens (including phenoxy) is 1. The maximum absolute atomic E-state index is 13.9. The van der Waals surface area contributed by atoms with E-state index < -0.39 is 12.2 Å². The average molecular weight is 489 g/mol. The standard InChI is InChI=1S/C32H37FO3/c1-19(2)24-17-26-29(25(34)18-32(36-26)15-6-16-32)27(20-9-13-23(33)14-10-20)28(24)30(35)21-7-11-22(12-8-21)31(3,4)5/h7-14,17,19,25,30,34-35H,6,15-16,18H2,1-5H3/t25-,30+/m0/s1. The molecule has 2 N–H and O–H groups in total. The molecule has 1 spiro atoms. The highest BCUT2D eigenvalue weighted by molar-refractivity contribution is 5.78. The first-order valence-corrected chi connectivity index (χ1v) is 13.1. The summed E-state index contributed by atoms with van der Waals surface area (Å²) in [6.45, 7) is 10.7. The smallest absolute Gasteiger partial charge is 0.126 e. The number of hydrogen-bond donors (Lipinski definition) is 2. The Morgan fingerprint density at radius 3 is 2.17 bits per heavy atom.